The first-order chi connectivity index (χ1) is 5.52. The molecule has 12 heavy (non-hydrogen) atoms. The number of likely N-dealkylation sites (tertiary alicyclic amines) is 1. The maximum Gasteiger partial charge on any atom is 0.108 e. The first kappa shape index (κ1) is 9.97. The van der Waals surface area contributed by atoms with Crippen molar-refractivity contribution in [3.63, 3.8) is 0 Å². The van der Waals surface area contributed by atoms with Gasteiger partial charge in [0.05, 0.1) is 0 Å². The van der Waals surface area contributed by atoms with Gasteiger partial charge in [0, 0.05) is 31.0 Å². The molecule has 0 aromatic heterocycles. The van der Waals surface area contributed by atoms with E-state index in [0.29, 0.717) is 6.04 Å². The number of alkyl halides is 1. The van der Waals surface area contributed by atoms with E-state index in [0.717, 1.165) is 13.1 Å². The van der Waals surface area contributed by atoms with Gasteiger partial charge in [-0.25, -0.2) is 4.39 Å². The number of piperidine rings is 1. The third-order valence-corrected chi connectivity index (χ3v) is 2.86. The Labute approximate surface area is 74.9 Å². The molecule has 1 rings (SSSR count). The lowest BCUT2D eigenvalue weighted by Gasteiger charge is -2.39. The van der Waals surface area contributed by atoms with Gasteiger partial charge in [-0.2, -0.15) is 0 Å². The molecule has 1 nitrogen and oxygen atoms in total. The van der Waals surface area contributed by atoms with Gasteiger partial charge in [-0.05, 0) is 13.8 Å². The van der Waals surface area contributed by atoms with Crippen molar-refractivity contribution in [2.75, 3.05) is 13.1 Å². The summed E-state index contributed by atoms with van der Waals surface area (Å²) in [4.78, 5) is 2.37. The number of rotatable bonds is 1. The highest BCUT2D eigenvalue weighted by molar-refractivity contribution is 4.83. The molecule has 0 saturated carbocycles. The molecule has 72 valence electrons. The van der Waals surface area contributed by atoms with E-state index in [2.05, 4.69) is 18.7 Å². The van der Waals surface area contributed by atoms with Crippen LogP contribution in [0.2, 0.25) is 0 Å². The molecule has 0 aromatic rings. The van der Waals surface area contributed by atoms with Crippen molar-refractivity contribution in [1.29, 1.82) is 0 Å². The zero-order chi connectivity index (χ0) is 9.30. The van der Waals surface area contributed by atoms with Crippen molar-refractivity contribution < 1.29 is 4.39 Å². The summed E-state index contributed by atoms with van der Waals surface area (Å²) in [5.74, 6) is 0.410. The van der Waals surface area contributed by atoms with Crippen molar-refractivity contribution in [2.24, 2.45) is 11.8 Å². The van der Waals surface area contributed by atoms with Gasteiger partial charge in [-0.15, -0.1) is 0 Å². The topological polar surface area (TPSA) is 3.24 Å². The smallest absolute Gasteiger partial charge is 0.108 e. The first-order valence-corrected chi connectivity index (χ1v) is 4.90. The minimum Gasteiger partial charge on any atom is -0.300 e. The van der Waals surface area contributed by atoms with Crippen LogP contribution in [0.15, 0.2) is 0 Å². The van der Waals surface area contributed by atoms with Crippen LogP contribution >= 0.6 is 0 Å². The average Bonchev–Trinajstić information content (AvgIpc) is 1.99. The number of halogens is 1. The summed E-state index contributed by atoms with van der Waals surface area (Å²) < 4.78 is 13.4. The fraction of sp³-hybridized carbons (Fsp3) is 1.00. The molecule has 2 heteroatoms. The highest BCUT2D eigenvalue weighted by Gasteiger charge is 2.32. The number of hydrogen-bond acceptors (Lipinski definition) is 1. The Bertz CT molecular complexity index is 135. The Kier molecular flexibility index (Phi) is 3.10. The molecular formula is C10H20FN. The molecule has 0 N–H and O–H groups in total. The minimum atomic E-state index is -0.597. The normalized spacial score (nSPS) is 39.0. The third kappa shape index (κ3) is 1.98. The molecule has 1 heterocycles. The highest BCUT2D eigenvalue weighted by atomic mass is 19.1. The number of hydrogen-bond donors (Lipinski definition) is 0. The molecule has 1 aliphatic rings. The van der Waals surface area contributed by atoms with Crippen LogP contribution in [0.3, 0.4) is 0 Å². The van der Waals surface area contributed by atoms with E-state index in [-0.39, 0.29) is 11.8 Å². The Hall–Kier alpha value is -0.110. The van der Waals surface area contributed by atoms with E-state index in [1.807, 2.05) is 13.8 Å². The monoisotopic (exact) mass is 173 g/mol. The van der Waals surface area contributed by atoms with E-state index in [1.165, 1.54) is 0 Å². The highest BCUT2D eigenvalue weighted by Crippen LogP contribution is 2.25. The second-order valence-corrected chi connectivity index (χ2v) is 4.45. The van der Waals surface area contributed by atoms with Crippen LogP contribution < -0.4 is 0 Å². The Morgan fingerprint density at radius 2 is 1.58 bits per heavy atom. The van der Waals surface area contributed by atoms with Gasteiger partial charge >= 0.3 is 0 Å². The van der Waals surface area contributed by atoms with Crippen LogP contribution in [0.5, 0.6) is 0 Å². The fourth-order valence-corrected chi connectivity index (χ4v) is 2.00. The van der Waals surface area contributed by atoms with E-state index >= 15 is 0 Å². The molecule has 1 unspecified atom stereocenters. The molecule has 1 fully saturated rings. The van der Waals surface area contributed by atoms with E-state index in [4.69, 9.17) is 0 Å². The third-order valence-electron chi connectivity index (χ3n) is 2.86. The quantitative estimate of drug-likeness (QED) is 0.588. The predicted octanol–water partition coefficient (Wildman–Crippen LogP) is 2.32. The summed E-state index contributed by atoms with van der Waals surface area (Å²) in [5, 5.41) is 0. The van der Waals surface area contributed by atoms with E-state index in [9.17, 15) is 4.39 Å². The van der Waals surface area contributed by atoms with Crippen LogP contribution in [0.4, 0.5) is 4.39 Å². The predicted molar refractivity (Wildman–Crippen MR) is 49.9 cm³/mol. The Morgan fingerprint density at radius 3 is 1.92 bits per heavy atom. The van der Waals surface area contributed by atoms with Gasteiger partial charge in [0.2, 0.25) is 0 Å². The van der Waals surface area contributed by atoms with Crippen LogP contribution in [0.25, 0.3) is 0 Å². The van der Waals surface area contributed by atoms with Gasteiger partial charge in [0.15, 0.2) is 0 Å². The van der Waals surface area contributed by atoms with Crippen molar-refractivity contribution >= 4 is 0 Å². The molecule has 1 aliphatic heterocycles. The Morgan fingerprint density at radius 1 is 1.17 bits per heavy atom. The van der Waals surface area contributed by atoms with Crippen molar-refractivity contribution in [3.05, 3.63) is 0 Å². The van der Waals surface area contributed by atoms with Gasteiger partial charge < -0.3 is 4.90 Å². The molecular weight excluding hydrogens is 153 g/mol. The summed E-state index contributed by atoms with van der Waals surface area (Å²) in [6.07, 6.45) is -0.597. The first-order valence-electron chi connectivity index (χ1n) is 4.90. The summed E-state index contributed by atoms with van der Waals surface area (Å²) in [7, 11) is 0. The van der Waals surface area contributed by atoms with Gasteiger partial charge in [-0.1, -0.05) is 13.8 Å². The summed E-state index contributed by atoms with van der Waals surface area (Å²) in [6.45, 7) is 10.2. The zero-order valence-corrected chi connectivity index (χ0v) is 8.55. The molecule has 0 amide bonds. The van der Waals surface area contributed by atoms with E-state index < -0.39 is 6.17 Å². The lowest BCUT2D eigenvalue weighted by molar-refractivity contribution is 0.0335. The van der Waals surface area contributed by atoms with Crippen molar-refractivity contribution in [1.82, 2.24) is 4.90 Å². The lowest BCUT2D eigenvalue weighted by Crippen LogP contribution is -2.48. The fourth-order valence-electron chi connectivity index (χ4n) is 2.00. The summed E-state index contributed by atoms with van der Waals surface area (Å²) in [6, 6.07) is 0.558. The second kappa shape index (κ2) is 3.73. The lowest BCUT2D eigenvalue weighted by atomic mass is 9.89. The molecule has 1 saturated heterocycles. The molecule has 0 bridgehead atoms. The molecule has 0 aliphatic carbocycles. The molecule has 3 atom stereocenters. The van der Waals surface area contributed by atoms with Crippen LogP contribution in [-0.4, -0.2) is 30.2 Å². The van der Waals surface area contributed by atoms with E-state index in [1.54, 1.807) is 0 Å². The largest absolute Gasteiger partial charge is 0.300 e. The average molecular weight is 173 g/mol. The van der Waals surface area contributed by atoms with Gasteiger partial charge in [-0.3, -0.25) is 0 Å². The standard InChI is InChI=1S/C10H20FN/c1-7(2)12-5-8(3)10(11)9(4)6-12/h7-10H,5-6H2,1-4H3/t8-,9+,10?. The maximum atomic E-state index is 13.4. The van der Waals surface area contributed by atoms with Crippen LogP contribution in [0.1, 0.15) is 27.7 Å². The summed E-state index contributed by atoms with van der Waals surface area (Å²) in [5.41, 5.74) is 0. The molecule has 0 radical (unpaired) electrons. The van der Waals surface area contributed by atoms with Crippen LogP contribution in [0, 0.1) is 11.8 Å². The van der Waals surface area contributed by atoms with Crippen LogP contribution in [-0.2, 0) is 0 Å². The zero-order valence-electron chi connectivity index (χ0n) is 8.55. The van der Waals surface area contributed by atoms with Gasteiger partial charge in [0.1, 0.15) is 6.17 Å². The molecule has 0 aromatic carbocycles. The second-order valence-electron chi connectivity index (χ2n) is 4.45. The molecule has 0 spiro atoms. The maximum absolute atomic E-state index is 13.4. The summed E-state index contributed by atoms with van der Waals surface area (Å²) >= 11 is 0. The van der Waals surface area contributed by atoms with Gasteiger partial charge in [0.25, 0.3) is 0 Å². The van der Waals surface area contributed by atoms with Crippen molar-refractivity contribution in [2.45, 2.75) is 39.9 Å². The van der Waals surface area contributed by atoms with Crippen molar-refractivity contribution in [3.8, 4) is 0 Å². The Balaban J connectivity index is 2.53. The minimum absolute atomic E-state index is 0.205. The SMILES string of the molecule is CC(C)N1C[C@@H](C)C(F)[C@@H](C)C1. The number of nitrogens with zero attached hydrogens (tertiary/aromatic N) is 1.